The molecule has 0 fully saturated rings. The van der Waals surface area contributed by atoms with E-state index in [2.05, 4.69) is 15.5 Å². The number of rotatable bonds is 7. The Morgan fingerprint density at radius 1 is 1.50 bits per heavy atom. The summed E-state index contributed by atoms with van der Waals surface area (Å²) in [5.74, 6) is 1.45. The van der Waals surface area contributed by atoms with Crippen molar-refractivity contribution in [2.24, 2.45) is 5.73 Å². The normalized spacial score (nSPS) is 12.0. The van der Waals surface area contributed by atoms with E-state index in [1.165, 1.54) is 0 Å². The van der Waals surface area contributed by atoms with Crippen LogP contribution in [0.3, 0.4) is 0 Å². The van der Waals surface area contributed by atoms with E-state index in [-0.39, 0.29) is 11.9 Å². The summed E-state index contributed by atoms with van der Waals surface area (Å²) in [5, 5.41) is 6.74. The van der Waals surface area contributed by atoms with Crippen molar-refractivity contribution in [3.8, 4) is 17.1 Å². The molecular weight excluding hydrogens is 284 g/mol. The van der Waals surface area contributed by atoms with Gasteiger partial charge in [-0.25, -0.2) is 0 Å². The standard InChI is InChI=1S/C15H20N4O3/c1-10(17-13(20)7-4-8-16)15-18-14(19-22-15)11-5-3-6-12(9-11)21-2/h3,5-6,9-10H,4,7-8,16H2,1-2H3,(H,17,20). The second-order valence-corrected chi connectivity index (χ2v) is 4.87. The van der Waals surface area contributed by atoms with Crippen LogP contribution in [0.5, 0.6) is 5.75 Å². The number of carbonyl (C=O) groups is 1. The lowest BCUT2D eigenvalue weighted by Gasteiger charge is -2.08. The van der Waals surface area contributed by atoms with Gasteiger partial charge in [-0.2, -0.15) is 4.98 Å². The van der Waals surface area contributed by atoms with Crippen LogP contribution in [0.15, 0.2) is 28.8 Å². The fraction of sp³-hybridized carbons (Fsp3) is 0.400. The third kappa shape index (κ3) is 4.05. The molecule has 2 rings (SSSR count). The fourth-order valence-electron chi connectivity index (χ4n) is 1.93. The number of nitrogens with one attached hydrogen (secondary N) is 1. The van der Waals surface area contributed by atoms with E-state index >= 15 is 0 Å². The van der Waals surface area contributed by atoms with Gasteiger partial charge in [0.05, 0.1) is 7.11 Å². The molecule has 22 heavy (non-hydrogen) atoms. The minimum atomic E-state index is -0.350. The predicted molar refractivity (Wildman–Crippen MR) is 81.1 cm³/mol. The second-order valence-electron chi connectivity index (χ2n) is 4.87. The minimum absolute atomic E-state index is 0.0842. The van der Waals surface area contributed by atoms with Gasteiger partial charge in [-0.15, -0.1) is 0 Å². The Balaban J connectivity index is 2.05. The molecule has 1 unspecified atom stereocenters. The van der Waals surface area contributed by atoms with Crippen molar-refractivity contribution in [2.45, 2.75) is 25.8 Å². The third-order valence-electron chi connectivity index (χ3n) is 3.13. The lowest BCUT2D eigenvalue weighted by atomic mass is 10.2. The number of aromatic nitrogens is 2. The highest BCUT2D eigenvalue weighted by Crippen LogP contribution is 2.22. The van der Waals surface area contributed by atoms with Gasteiger partial charge in [-0.05, 0) is 32.0 Å². The number of methoxy groups -OCH3 is 1. The van der Waals surface area contributed by atoms with Crippen molar-refractivity contribution < 1.29 is 14.1 Å². The second kappa shape index (κ2) is 7.56. The minimum Gasteiger partial charge on any atom is -0.497 e. The molecule has 0 saturated heterocycles. The number of benzene rings is 1. The van der Waals surface area contributed by atoms with Crippen LogP contribution in [0.1, 0.15) is 31.7 Å². The number of ether oxygens (including phenoxy) is 1. The van der Waals surface area contributed by atoms with Crippen molar-refractivity contribution in [2.75, 3.05) is 13.7 Å². The quantitative estimate of drug-likeness (QED) is 0.806. The third-order valence-corrected chi connectivity index (χ3v) is 3.13. The van der Waals surface area contributed by atoms with E-state index in [1.54, 1.807) is 14.0 Å². The Morgan fingerprint density at radius 2 is 2.32 bits per heavy atom. The first-order valence-electron chi connectivity index (χ1n) is 7.11. The Hall–Kier alpha value is -2.41. The summed E-state index contributed by atoms with van der Waals surface area (Å²) < 4.78 is 10.4. The predicted octanol–water partition coefficient (Wildman–Crippen LogP) is 1.66. The van der Waals surface area contributed by atoms with Crippen LogP contribution in [0.4, 0.5) is 0 Å². The van der Waals surface area contributed by atoms with Gasteiger partial charge in [0.2, 0.25) is 17.6 Å². The van der Waals surface area contributed by atoms with Crippen LogP contribution >= 0.6 is 0 Å². The molecule has 1 aromatic carbocycles. The zero-order chi connectivity index (χ0) is 15.9. The molecule has 1 heterocycles. The highest BCUT2D eigenvalue weighted by molar-refractivity contribution is 5.76. The monoisotopic (exact) mass is 304 g/mol. The van der Waals surface area contributed by atoms with E-state index in [0.717, 1.165) is 5.56 Å². The molecule has 0 bridgehead atoms. The summed E-state index contributed by atoms with van der Waals surface area (Å²) in [7, 11) is 1.60. The van der Waals surface area contributed by atoms with Crippen LogP contribution in [0, 0.1) is 0 Å². The van der Waals surface area contributed by atoms with E-state index in [0.29, 0.717) is 36.9 Å². The molecule has 1 amide bonds. The van der Waals surface area contributed by atoms with Crippen LogP contribution in [-0.4, -0.2) is 29.7 Å². The number of nitrogens with two attached hydrogens (primary N) is 1. The van der Waals surface area contributed by atoms with Gasteiger partial charge in [0, 0.05) is 12.0 Å². The highest BCUT2D eigenvalue weighted by Gasteiger charge is 2.17. The average molecular weight is 304 g/mol. The number of hydrogen-bond donors (Lipinski definition) is 2. The Morgan fingerprint density at radius 3 is 3.05 bits per heavy atom. The van der Waals surface area contributed by atoms with Crippen LogP contribution < -0.4 is 15.8 Å². The lowest BCUT2D eigenvalue weighted by Crippen LogP contribution is -2.27. The van der Waals surface area contributed by atoms with Gasteiger partial charge in [0.15, 0.2) is 0 Å². The Bertz CT molecular complexity index is 627. The summed E-state index contributed by atoms with van der Waals surface area (Å²) in [4.78, 5) is 16.0. The molecule has 118 valence electrons. The molecule has 0 aliphatic carbocycles. The maximum Gasteiger partial charge on any atom is 0.249 e. The lowest BCUT2D eigenvalue weighted by molar-refractivity contribution is -0.121. The first-order valence-corrected chi connectivity index (χ1v) is 7.11. The van der Waals surface area contributed by atoms with Gasteiger partial charge in [-0.3, -0.25) is 4.79 Å². The average Bonchev–Trinajstić information content (AvgIpc) is 3.03. The van der Waals surface area contributed by atoms with E-state index in [4.69, 9.17) is 15.0 Å². The van der Waals surface area contributed by atoms with Crippen LogP contribution in [0.2, 0.25) is 0 Å². The van der Waals surface area contributed by atoms with Crippen molar-refractivity contribution >= 4 is 5.91 Å². The Labute approximate surface area is 128 Å². The zero-order valence-electron chi connectivity index (χ0n) is 12.7. The number of carbonyl (C=O) groups excluding carboxylic acids is 1. The first kappa shape index (κ1) is 16.0. The van der Waals surface area contributed by atoms with Gasteiger partial charge in [0.1, 0.15) is 11.8 Å². The topological polar surface area (TPSA) is 103 Å². The SMILES string of the molecule is COc1cccc(-c2noc(C(C)NC(=O)CCCN)n2)c1. The fourth-order valence-corrected chi connectivity index (χ4v) is 1.93. The zero-order valence-corrected chi connectivity index (χ0v) is 12.7. The van der Waals surface area contributed by atoms with E-state index < -0.39 is 0 Å². The van der Waals surface area contributed by atoms with E-state index in [9.17, 15) is 4.79 Å². The molecular formula is C15H20N4O3. The molecule has 2 aromatic rings. The highest BCUT2D eigenvalue weighted by atomic mass is 16.5. The summed E-state index contributed by atoms with van der Waals surface area (Å²) in [6.45, 7) is 2.28. The molecule has 0 aliphatic heterocycles. The molecule has 7 nitrogen and oxygen atoms in total. The summed E-state index contributed by atoms with van der Waals surface area (Å²) in [5.41, 5.74) is 6.17. The summed E-state index contributed by atoms with van der Waals surface area (Å²) in [6, 6.07) is 7.02. The molecule has 3 N–H and O–H groups in total. The van der Waals surface area contributed by atoms with Gasteiger partial charge in [-0.1, -0.05) is 17.3 Å². The molecule has 0 radical (unpaired) electrons. The molecule has 1 atom stereocenters. The van der Waals surface area contributed by atoms with E-state index in [1.807, 2.05) is 24.3 Å². The van der Waals surface area contributed by atoms with Crippen molar-refractivity contribution in [1.29, 1.82) is 0 Å². The van der Waals surface area contributed by atoms with Crippen molar-refractivity contribution in [3.05, 3.63) is 30.2 Å². The van der Waals surface area contributed by atoms with Crippen LogP contribution in [0.25, 0.3) is 11.4 Å². The molecule has 7 heteroatoms. The first-order chi connectivity index (χ1) is 10.6. The van der Waals surface area contributed by atoms with Gasteiger partial charge >= 0.3 is 0 Å². The summed E-state index contributed by atoms with van der Waals surface area (Å²) >= 11 is 0. The largest absolute Gasteiger partial charge is 0.497 e. The maximum atomic E-state index is 11.7. The molecule has 0 spiro atoms. The van der Waals surface area contributed by atoms with Crippen LogP contribution in [-0.2, 0) is 4.79 Å². The molecule has 1 aromatic heterocycles. The molecule has 0 saturated carbocycles. The molecule has 0 aliphatic rings. The number of nitrogens with zero attached hydrogens (tertiary/aromatic N) is 2. The van der Waals surface area contributed by atoms with Crippen molar-refractivity contribution in [1.82, 2.24) is 15.5 Å². The number of hydrogen-bond acceptors (Lipinski definition) is 6. The maximum absolute atomic E-state index is 11.7. The number of amides is 1. The smallest absolute Gasteiger partial charge is 0.249 e. The van der Waals surface area contributed by atoms with Gasteiger partial charge < -0.3 is 20.3 Å². The van der Waals surface area contributed by atoms with Gasteiger partial charge in [0.25, 0.3) is 0 Å². The summed E-state index contributed by atoms with van der Waals surface area (Å²) in [6.07, 6.45) is 1.04. The Kier molecular flexibility index (Phi) is 5.48. The van der Waals surface area contributed by atoms with Crippen molar-refractivity contribution in [3.63, 3.8) is 0 Å².